The van der Waals surface area contributed by atoms with E-state index in [2.05, 4.69) is 16.0 Å². The van der Waals surface area contributed by atoms with E-state index in [4.69, 9.17) is 0 Å². The van der Waals surface area contributed by atoms with Gasteiger partial charge in [0.25, 0.3) is 0 Å². The van der Waals surface area contributed by atoms with Crippen molar-refractivity contribution in [1.82, 2.24) is 16.0 Å². The highest BCUT2D eigenvalue weighted by atomic mass is 16.3. The lowest BCUT2D eigenvalue weighted by molar-refractivity contribution is -0.131. The number of aldehydes is 1. The Balaban J connectivity index is 2.11. The molecule has 0 aliphatic carbocycles. The zero-order valence-electron chi connectivity index (χ0n) is 15.9. The van der Waals surface area contributed by atoms with Crippen LogP contribution in [0.2, 0.25) is 0 Å². The first kappa shape index (κ1) is 20.9. The van der Waals surface area contributed by atoms with Gasteiger partial charge in [0.05, 0.1) is 12.1 Å². The number of hydrogen-bond acceptors (Lipinski definition) is 5. The molecule has 7 heteroatoms. The van der Waals surface area contributed by atoms with Crippen molar-refractivity contribution >= 4 is 18.1 Å². The maximum Gasteiger partial charge on any atom is 0.243 e. The van der Waals surface area contributed by atoms with Gasteiger partial charge in [-0.05, 0) is 43.0 Å². The van der Waals surface area contributed by atoms with Gasteiger partial charge in [-0.2, -0.15) is 0 Å². The molecule has 0 saturated carbocycles. The molecule has 1 aliphatic heterocycles. The van der Waals surface area contributed by atoms with Crippen molar-refractivity contribution in [1.29, 1.82) is 0 Å². The van der Waals surface area contributed by atoms with Crippen molar-refractivity contribution in [3.05, 3.63) is 29.8 Å². The quantitative estimate of drug-likeness (QED) is 0.480. The van der Waals surface area contributed by atoms with Gasteiger partial charge in [0.15, 0.2) is 0 Å². The van der Waals surface area contributed by atoms with E-state index in [-0.39, 0.29) is 35.9 Å². The molecule has 4 atom stereocenters. The van der Waals surface area contributed by atoms with Crippen molar-refractivity contribution in [2.24, 2.45) is 5.92 Å². The van der Waals surface area contributed by atoms with Crippen LogP contribution < -0.4 is 16.0 Å². The van der Waals surface area contributed by atoms with Crippen LogP contribution >= 0.6 is 0 Å². The fourth-order valence-electron chi connectivity index (χ4n) is 3.09. The molecular formula is C20H29N3O4. The van der Waals surface area contributed by atoms with Crippen LogP contribution in [0.1, 0.15) is 38.7 Å². The third-order valence-corrected chi connectivity index (χ3v) is 5.10. The highest BCUT2D eigenvalue weighted by Gasteiger charge is 2.29. The monoisotopic (exact) mass is 375 g/mol. The molecule has 1 fully saturated rings. The Morgan fingerprint density at radius 1 is 1.30 bits per heavy atom. The molecule has 7 nitrogen and oxygen atoms in total. The average molecular weight is 375 g/mol. The maximum absolute atomic E-state index is 12.8. The fourth-order valence-corrected chi connectivity index (χ4v) is 3.09. The zero-order chi connectivity index (χ0) is 19.8. The predicted octanol–water partition coefficient (Wildman–Crippen LogP) is 0.901. The van der Waals surface area contributed by atoms with Crippen molar-refractivity contribution < 1.29 is 19.5 Å². The van der Waals surface area contributed by atoms with Gasteiger partial charge in [-0.25, -0.2) is 0 Å². The summed E-state index contributed by atoms with van der Waals surface area (Å²) in [7, 11) is 0. The van der Waals surface area contributed by atoms with Gasteiger partial charge in [0, 0.05) is 6.42 Å². The summed E-state index contributed by atoms with van der Waals surface area (Å²) in [6.45, 7) is 4.64. The zero-order valence-corrected chi connectivity index (χ0v) is 15.9. The van der Waals surface area contributed by atoms with Gasteiger partial charge >= 0.3 is 0 Å². The van der Waals surface area contributed by atoms with E-state index in [0.29, 0.717) is 0 Å². The number of benzene rings is 1. The Kier molecular flexibility index (Phi) is 7.79. The fraction of sp³-hybridized carbons (Fsp3) is 0.550. The third-order valence-electron chi connectivity index (χ3n) is 5.10. The summed E-state index contributed by atoms with van der Waals surface area (Å²) in [5, 5.41) is 18.1. The molecule has 2 rings (SSSR count). The van der Waals surface area contributed by atoms with Crippen LogP contribution in [0, 0.1) is 5.92 Å². The number of phenolic OH excluding ortho intramolecular Hbond substituents is 1. The Labute approximate surface area is 159 Å². The molecular weight excluding hydrogens is 346 g/mol. The number of rotatable bonds is 9. The number of amides is 2. The topological polar surface area (TPSA) is 108 Å². The molecule has 2 amide bonds. The second-order valence-electron chi connectivity index (χ2n) is 7.14. The molecule has 0 unspecified atom stereocenters. The first-order valence-corrected chi connectivity index (χ1v) is 9.52. The molecule has 0 spiro atoms. The van der Waals surface area contributed by atoms with E-state index in [1.165, 1.54) is 12.1 Å². The van der Waals surface area contributed by atoms with Crippen LogP contribution in [0.25, 0.3) is 0 Å². The minimum Gasteiger partial charge on any atom is -0.508 e. The van der Waals surface area contributed by atoms with Crippen LogP contribution in [0.4, 0.5) is 0 Å². The Morgan fingerprint density at radius 2 is 2.00 bits per heavy atom. The van der Waals surface area contributed by atoms with E-state index in [1.54, 1.807) is 12.1 Å². The van der Waals surface area contributed by atoms with Crippen LogP contribution in [0.3, 0.4) is 0 Å². The summed E-state index contributed by atoms with van der Waals surface area (Å²) in [6.07, 6.45) is 3.43. The van der Waals surface area contributed by atoms with E-state index >= 15 is 0 Å². The van der Waals surface area contributed by atoms with Crippen LogP contribution in [0.5, 0.6) is 5.75 Å². The second kappa shape index (κ2) is 10.1. The van der Waals surface area contributed by atoms with Gasteiger partial charge in [0.1, 0.15) is 18.1 Å². The number of carbonyl (C=O) groups excluding carboxylic acids is 3. The first-order valence-electron chi connectivity index (χ1n) is 9.52. The van der Waals surface area contributed by atoms with Gasteiger partial charge in [0.2, 0.25) is 11.8 Å². The highest BCUT2D eigenvalue weighted by molar-refractivity contribution is 5.91. The SMILES string of the molecule is CC[C@H](C)[C@@H](C=O)NC(=O)[C@H](Cc1ccc(O)cc1)NC(=O)[C@@H]1CCCN1. The molecule has 1 heterocycles. The molecule has 27 heavy (non-hydrogen) atoms. The lowest BCUT2D eigenvalue weighted by Gasteiger charge is -2.24. The molecule has 1 aromatic rings. The predicted molar refractivity (Wildman–Crippen MR) is 102 cm³/mol. The van der Waals surface area contributed by atoms with E-state index in [0.717, 1.165) is 37.7 Å². The van der Waals surface area contributed by atoms with E-state index in [1.807, 2.05) is 13.8 Å². The molecule has 4 N–H and O–H groups in total. The molecule has 1 saturated heterocycles. The standard InChI is InChI=1S/C20H29N3O4/c1-3-13(2)18(12-24)23-20(27)17(11-14-6-8-15(25)9-7-14)22-19(26)16-5-4-10-21-16/h6-9,12-13,16-18,21,25H,3-5,10-11H2,1-2H3,(H,22,26)(H,23,27)/t13-,16-,17-,18+/m0/s1. The molecule has 1 aliphatic rings. The summed E-state index contributed by atoms with van der Waals surface area (Å²) in [6, 6.07) is 4.82. The van der Waals surface area contributed by atoms with E-state index in [9.17, 15) is 19.5 Å². The average Bonchev–Trinajstić information content (AvgIpc) is 3.21. The van der Waals surface area contributed by atoms with Crippen LogP contribution in [-0.2, 0) is 20.8 Å². The normalized spacial score (nSPS) is 19.7. The van der Waals surface area contributed by atoms with Crippen LogP contribution in [0.15, 0.2) is 24.3 Å². The molecule has 1 aromatic carbocycles. The van der Waals surface area contributed by atoms with Gasteiger partial charge < -0.3 is 25.9 Å². The summed E-state index contributed by atoms with van der Waals surface area (Å²) in [5.74, 6) is -0.450. The Hall–Kier alpha value is -2.41. The number of nitrogens with one attached hydrogen (secondary N) is 3. The minimum atomic E-state index is -0.795. The molecule has 148 valence electrons. The third kappa shape index (κ3) is 6.06. The number of hydrogen-bond donors (Lipinski definition) is 4. The van der Waals surface area contributed by atoms with E-state index < -0.39 is 12.1 Å². The number of carbonyl (C=O) groups is 3. The summed E-state index contributed by atoms with van der Waals surface area (Å²) >= 11 is 0. The Morgan fingerprint density at radius 3 is 2.56 bits per heavy atom. The number of phenols is 1. The summed E-state index contributed by atoms with van der Waals surface area (Å²) in [5.41, 5.74) is 0.804. The highest BCUT2D eigenvalue weighted by Crippen LogP contribution is 2.13. The van der Waals surface area contributed by atoms with Crippen molar-refractivity contribution in [2.45, 2.75) is 57.7 Å². The number of aromatic hydroxyl groups is 1. The smallest absolute Gasteiger partial charge is 0.243 e. The van der Waals surface area contributed by atoms with Crippen molar-refractivity contribution in [3.8, 4) is 5.75 Å². The molecule has 0 radical (unpaired) electrons. The molecule has 0 bridgehead atoms. The van der Waals surface area contributed by atoms with Crippen LogP contribution in [-0.4, -0.2) is 47.9 Å². The minimum absolute atomic E-state index is 0.00738. The summed E-state index contributed by atoms with van der Waals surface area (Å²) in [4.78, 5) is 36.6. The van der Waals surface area contributed by atoms with Gasteiger partial charge in [-0.3, -0.25) is 9.59 Å². The lowest BCUT2D eigenvalue weighted by atomic mass is 9.99. The lowest BCUT2D eigenvalue weighted by Crippen LogP contribution is -2.55. The van der Waals surface area contributed by atoms with Crippen molar-refractivity contribution in [2.75, 3.05) is 6.54 Å². The molecule has 0 aromatic heterocycles. The second-order valence-corrected chi connectivity index (χ2v) is 7.14. The summed E-state index contributed by atoms with van der Waals surface area (Å²) < 4.78 is 0. The Bertz CT molecular complexity index is 641. The first-order chi connectivity index (χ1) is 12.9. The van der Waals surface area contributed by atoms with Gasteiger partial charge in [-0.1, -0.05) is 32.4 Å². The van der Waals surface area contributed by atoms with Gasteiger partial charge in [-0.15, -0.1) is 0 Å². The maximum atomic E-state index is 12.8. The van der Waals surface area contributed by atoms with Crippen molar-refractivity contribution in [3.63, 3.8) is 0 Å². The largest absolute Gasteiger partial charge is 0.508 e.